The molecule has 3 heteroatoms. The predicted octanol–water partition coefficient (Wildman–Crippen LogP) is 10.5. The van der Waals surface area contributed by atoms with Crippen LogP contribution in [0.3, 0.4) is 0 Å². The molecule has 2 aromatic heterocycles. The zero-order valence-corrected chi connectivity index (χ0v) is 25.3. The van der Waals surface area contributed by atoms with E-state index in [1.54, 1.807) is 0 Å². The molecular formula is C42H31N3. The summed E-state index contributed by atoms with van der Waals surface area (Å²) in [5, 5.41) is 0. The van der Waals surface area contributed by atoms with Gasteiger partial charge < -0.3 is 0 Å². The van der Waals surface area contributed by atoms with Crippen LogP contribution in [0.4, 0.5) is 0 Å². The van der Waals surface area contributed by atoms with Crippen molar-refractivity contribution >= 4 is 0 Å². The Hall–Kier alpha value is -5.67. The van der Waals surface area contributed by atoms with Crippen molar-refractivity contribution in [2.75, 3.05) is 0 Å². The average molecular weight is 578 g/mol. The lowest BCUT2D eigenvalue weighted by Gasteiger charge is -2.21. The van der Waals surface area contributed by atoms with Gasteiger partial charge in [-0.15, -0.1) is 0 Å². The van der Waals surface area contributed by atoms with Crippen LogP contribution in [-0.2, 0) is 5.41 Å². The topological polar surface area (TPSA) is 38.7 Å². The molecule has 8 rings (SSSR count). The average Bonchev–Trinajstić information content (AvgIpc) is 3.35. The first-order chi connectivity index (χ1) is 22.1. The molecule has 0 unspecified atom stereocenters. The van der Waals surface area contributed by atoms with Crippen molar-refractivity contribution in [3.8, 4) is 67.4 Å². The number of hydrogen-bond acceptors (Lipinski definition) is 3. The molecule has 5 aromatic carbocycles. The van der Waals surface area contributed by atoms with Gasteiger partial charge in [0.15, 0.2) is 5.82 Å². The Morgan fingerprint density at radius 3 is 1.76 bits per heavy atom. The predicted molar refractivity (Wildman–Crippen MR) is 185 cm³/mol. The summed E-state index contributed by atoms with van der Waals surface area (Å²) >= 11 is 0. The number of pyridine rings is 1. The van der Waals surface area contributed by atoms with Crippen molar-refractivity contribution in [1.82, 2.24) is 15.0 Å². The standard InChI is InChI=1S/C42H31N3/c1-42(2)35-15-7-6-13-33(35)40-34(14-10-16-36(40)42)39-27-38(31-22-20-30(21-23-31)37-17-8-9-26-43-37)44-41(45-39)32-24-18-29(19-25-32)28-11-4-3-5-12-28/h3-27H,1-2H3. The molecule has 2 heterocycles. The zero-order chi connectivity index (χ0) is 30.4. The van der Waals surface area contributed by atoms with E-state index in [0.29, 0.717) is 5.82 Å². The molecule has 0 saturated heterocycles. The Morgan fingerprint density at radius 1 is 0.422 bits per heavy atom. The number of nitrogens with zero attached hydrogens (tertiary/aromatic N) is 3. The zero-order valence-electron chi connectivity index (χ0n) is 25.3. The SMILES string of the molecule is CC1(C)c2ccccc2-c2c(-c3cc(-c4ccc(-c5ccccn5)cc4)nc(-c4ccc(-c5ccccc5)cc4)n3)cccc21. The van der Waals surface area contributed by atoms with E-state index in [2.05, 4.69) is 140 Å². The van der Waals surface area contributed by atoms with E-state index in [9.17, 15) is 0 Å². The third kappa shape index (κ3) is 4.74. The minimum atomic E-state index is -0.0881. The van der Waals surface area contributed by atoms with Crippen LogP contribution in [0, 0.1) is 0 Å². The second kappa shape index (κ2) is 10.8. The van der Waals surface area contributed by atoms with E-state index in [4.69, 9.17) is 9.97 Å². The van der Waals surface area contributed by atoms with Gasteiger partial charge in [0.1, 0.15) is 0 Å². The van der Waals surface area contributed by atoms with Gasteiger partial charge in [0.2, 0.25) is 0 Å². The largest absolute Gasteiger partial charge is 0.256 e. The number of hydrogen-bond donors (Lipinski definition) is 0. The molecule has 214 valence electrons. The molecule has 0 atom stereocenters. The Bertz CT molecular complexity index is 2050. The van der Waals surface area contributed by atoms with E-state index < -0.39 is 0 Å². The van der Waals surface area contributed by atoms with Crippen LogP contribution in [0.5, 0.6) is 0 Å². The molecule has 45 heavy (non-hydrogen) atoms. The van der Waals surface area contributed by atoms with Crippen molar-refractivity contribution in [1.29, 1.82) is 0 Å². The molecule has 0 radical (unpaired) electrons. The van der Waals surface area contributed by atoms with Gasteiger partial charge in [0, 0.05) is 33.9 Å². The van der Waals surface area contributed by atoms with Crippen LogP contribution in [0.1, 0.15) is 25.0 Å². The molecular weight excluding hydrogens is 546 g/mol. The molecule has 0 amide bonds. The van der Waals surface area contributed by atoms with E-state index in [1.807, 2.05) is 30.5 Å². The summed E-state index contributed by atoms with van der Waals surface area (Å²) in [5.74, 6) is 0.707. The summed E-state index contributed by atoms with van der Waals surface area (Å²) < 4.78 is 0. The monoisotopic (exact) mass is 577 g/mol. The highest BCUT2D eigenvalue weighted by Gasteiger charge is 2.36. The molecule has 1 aliphatic rings. The number of aromatic nitrogens is 3. The van der Waals surface area contributed by atoms with Gasteiger partial charge in [-0.25, -0.2) is 9.97 Å². The maximum Gasteiger partial charge on any atom is 0.160 e. The van der Waals surface area contributed by atoms with Gasteiger partial charge >= 0.3 is 0 Å². The van der Waals surface area contributed by atoms with Gasteiger partial charge in [0.05, 0.1) is 17.1 Å². The van der Waals surface area contributed by atoms with Gasteiger partial charge in [-0.05, 0) is 51.6 Å². The molecule has 7 aromatic rings. The first-order valence-corrected chi connectivity index (χ1v) is 15.4. The summed E-state index contributed by atoms with van der Waals surface area (Å²) in [4.78, 5) is 14.9. The van der Waals surface area contributed by atoms with Crippen molar-refractivity contribution in [2.24, 2.45) is 0 Å². The lowest BCUT2D eigenvalue weighted by molar-refractivity contribution is 0.660. The minimum absolute atomic E-state index is 0.0881. The maximum absolute atomic E-state index is 5.24. The third-order valence-electron chi connectivity index (χ3n) is 9.00. The van der Waals surface area contributed by atoms with Crippen molar-refractivity contribution in [3.63, 3.8) is 0 Å². The lowest BCUT2D eigenvalue weighted by Crippen LogP contribution is -2.14. The van der Waals surface area contributed by atoms with Crippen LogP contribution in [0.25, 0.3) is 67.4 Å². The van der Waals surface area contributed by atoms with Crippen LogP contribution < -0.4 is 0 Å². The van der Waals surface area contributed by atoms with Crippen molar-refractivity contribution < 1.29 is 0 Å². The summed E-state index contributed by atoms with van der Waals surface area (Å²) in [7, 11) is 0. The number of fused-ring (bicyclic) bond motifs is 3. The number of benzene rings is 5. The Labute approximate surface area is 264 Å². The van der Waals surface area contributed by atoms with Gasteiger partial charge in [-0.2, -0.15) is 0 Å². The van der Waals surface area contributed by atoms with E-state index >= 15 is 0 Å². The fraction of sp³-hybridized carbons (Fsp3) is 0.0714. The van der Waals surface area contributed by atoms with Crippen LogP contribution in [-0.4, -0.2) is 15.0 Å². The van der Waals surface area contributed by atoms with Crippen LogP contribution in [0.2, 0.25) is 0 Å². The Morgan fingerprint density at radius 2 is 1.00 bits per heavy atom. The maximum atomic E-state index is 5.24. The summed E-state index contributed by atoms with van der Waals surface area (Å²) in [6.07, 6.45) is 1.83. The molecule has 0 N–H and O–H groups in total. The molecule has 0 spiro atoms. The van der Waals surface area contributed by atoms with E-state index in [0.717, 1.165) is 39.3 Å². The number of rotatable bonds is 5. The smallest absolute Gasteiger partial charge is 0.160 e. The second-order valence-electron chi connectivity index (χ2n) is 12.1. The minimum Gasteiger partial charge on any atom is -0.256 e. The van der Waals surface area contributed by atoms with Crippen molar-refractivity contribution in [2.45, 2.75) is 19.3 Å². The Kier molecular flexibility index (Phi) is 6.46. The molecule has 0 saturated carbocycles. The molecule has 0 bridgehead atoms. The quantitative estimate of drug-likeness (QED) is 0.204. The van der Waals surface area contributed by atoms with E-state index in [1.165, 1.54) is 33.4 Å². The second-order valence-corrected chi connectivity index (χ2v) is 12.1. The van der Waals surface area contributed by atoms with E-state index in [-0.39, 0.29) is 5.41 Å². The summed E-state index contributed by atoms with van der Waals surface area (Å²) in [6, 6.07) is 51.0. The van der Waals surface area contributed by atoms with Crippen LogP contribution >= 0.6 is 0 Å². The normalized spacial score (nSPS) is 12.8. The highest BCUT2D eigenvalue weighted by Crippen LogP contribution is 2.52. The molecule has 0 aliphatic heterocycles. The van der Waals surface area contributed by atoms with Gasteiger partial charge in [-0.3, -0.25) is 4.98 Å². The fourth-order valence-corrected chi connectivity index (χ4v) is 6.62. The van der Waals surface area contributed by atoms with Gasteiger partial charge in [0.25, 0.3) is 0 Å². The fourth-order valence-electron chi connectivity index (χ4n) is 6.62. The highest BCUT2D eigenvalue weighted by atomic mass is 14.9. The first-order valence-electron chi connectivity index (χ1n) is 15.4. The lowest BCUT2D eigenvalue weighted by atomic mass is 9.82. The molecule has 0 fully saturated rings. The summed E-state index contributed by atoms with van der Waals surface area (Å²) in [6.45, 7) is 4.63. The highest BCUT2D eigenvalue weighted by molar-refractivity contribution is 5.92. The first kappa shape index (κ1) is 26.9. The Balaban J connectivity index is 1.29. The summed E-state index contributed by atoms with van der Waals surface area (Å²) in [5.41, 5.74) is 14.5. The van der Waals surface area contributed by atoms with Crippen molar-refractivity contribution in [3.05, 3.63) is 163 Å². The van der Waals surface area contributed by atoms with Crippen LogP contribution in [0.15, 0.2) is 152 Å². The molecule has 1 aliphatic carbocycles. The van der Waals surface area contributed by atoms with Gasteiger partial charge in [-0.1, -0.05) is 141 Å². The molecule has 3 nitrogen and oxygen atoms in total. The third-order valence-corrected chi connectivity index (χ3v) is 9.00.